The summed E-state index contributed by atoms with van der Waals surface area (Å²) in [7, 11) is 0. The maximum atomic E-state index is 13.1. The SMILES string of the molecule is CCC1CNC(C(C)C)CN1C(C)c1ccc(F)cc1. The summed E-state index contributed by atoms with van der Waals surface area (Å²) in [4.78, 5) is 2.58. The van der Waals surface area contributed by atoms with Crippen LogP contribution >= 0.6 is 0 Å². The topological polar surface area (TPSA) is 15.3 Å². The second kappa shape index (κ2) is 6.68. The molecule has 0 aliphatic carbocycles. The van der Waals surface area contributed by atoms with Crippen molar-refractivity contribution in [3.8, 4) is 0 Å². The van der Waals surface area contributed by atoms with Crippen LogP contribution in [0.1, 0.15) is 45.7 Å². The molecule has 3 heteroatoms. The third kappa shape index (κ3) is 3.39. The Morgan fingerprint density at radius 2 is 1.90 bits per heavy atom. The molecule has 1 fully saturated rings. The lowest BCUT2D eigenvalue weighted by atomic mass is 9.95. The molecule has 2 nitrogen and oxygen atoms in total. The van der Waals surface area contributed by atoms with Gasteiger partial charge in [0, 0.05) is 31.2 Å². The van der Waals surface area contributed by atoms with E-state index in [4.69, 9.17) is 0 Å². The molecule has 0 spiro atoms. The highest BCUT2D eigenvalue weighted by Gasteiger charge is 2.31. The highest BCUT2D eigenvalue weighted by atomic mass is 19.1. The minimum atomic E-state index is -0.159. The monoisotopic (exact) mass is 278 g/mol. The first kappa shape index (κ1) is 15.5. The minimum absolute atomic E-state index is 0.159. The minimum Gasteiger partial charge on any atom is -0.311 e. The van der Waals surface area contributed by atoms with Crippen molar-refractivity contribution in [3.63, 3.8) is 0 Å². The van der Waals surface area contributed by atoms with Crippen molar-refractivity contribution in [1.82, 2.24) is 10.2 Å². The van der Waals surface area contributed by atoms with Gasteiger partial charge in [-0.25, -0.2) is 4.39 Å². The lowest BCUT2D eigenvalue weighted by molar-refractivity contribution is 0.0736. The van der Waals surface area contributed by atoms with Gasteiger partial charge in [0.05, 0.1) is 0 Å². The van der Waals surface area contributed by atoms with E-state index in [1.807, 2.05) is 12.1 Å². The summed E-state index contributed by atoms with van der Waals surface area (Å²) < 4.78 is 13.1. The zero-order valence-corrected chi connectivity index (χ0v) is 13.1. The molecular formula is C17H27FN2. The highest BCUT2D eigenvalue weighted by molar-refractivity contribution is 5.20. The molecule has 112 valence electrons. The van der Waals surface area contributed by atoms with E-state index in [-0.39, 0.29) is 5.82 Å². The molecule has 1 aromatic carbocycles. The van der Waals surface area contributed by atoms with Crippen LogP contribution in [-0.2, 0) is 0 Å². The quantitative estimate of drug-likeness (QED) is 0.905. The number of piperazine rings is 1. The Labute approximate surface area is 122 Å². The van der Waals surface area contributed by atoms with Crippen molar-refractivity contribution < 1.29 is 4.39 Å². The van der Waals surface area contributed by atoms with Crippen LogP contribution < -0.4 is 5.32 Å². The molecule has 3 unspecified atom stereocenters. The maximum Gasteiger partial charge on any atom is 0.123 e. The van der Waals surface area contributed by atoms with E-state index < -0.39 is 0 Å². The zero-order valence-electron chi connectivity index (χ0n) is 13.1. The number of halogens is 1. The number of rotatable bonds is 4. The van der Waals surface area contributed by atoms with Gasteiger partial charge in [-0.2, -0.15) is 0 Å². The third-order valence-electron chi connectivity index (χ3n) is 4.62. The largest absolute Gasteiger partial charge is 0.311 e. The second-order valence-corrected chi connectivity index (χ2v) is 6.25. The Balaban J connectivity index is 2.15. The van der Waals surface area contributed by atoms with E-state index in [9.17, 15) is 4.39 Å². The first-order chi connectivity index (χ1) is 9.52. The molecule has 0 aromatic heterocycles. The molecule has 1 saturated heterocycles. The van der Waals surface area contributed by atoms with E-state index >= 15 is 0 Å². The molecule has 1 N–H and O–H groups in total. The zero-order chi connectivity index (χ0) is 14.7. The summed E-state index contributed by atoms with van der Waals surface area (Å²) in [5.41, 5.74) is 1.20. The van der Waals surface area contributed by atoms with Crippen LogP contribution in [0.4, 0.5) is 4.39 Å². The van der Waals surface area contributed by atoms with E-state index in [2.05, 4.69) is 37.9 Å². The Hall–Kier alpha value is -0.930. The molecule has 1 aliphatic heterocycles. The highest BCUT2D eigenvalue weighted by Crippen LogP contribution is 2.27. The van der Waals surface area contributed by atoms with Crippen molar-refractivity contribution in [1.29, 1.82) is 0 Å². The Kier molecular flexibility index (Phi) is 5.17. The molecule has 2 rings (SSSR count). The van der Waals surface area contributed by atoms with Gasteiger partial charge < -0.3 is 5.32 Å². The van der Waals surface area contributed by atoms with Crippen LogP contribution in [-0.4, -0.2) is 30.1 Å². The molecule has 20 heavy (non-hydrogen) atoms. The van der Waals surface area contributed by atoms with E-state index in [0.717, 1.165) is 19.5 Å². The second-order valence-electron chi connectivity index (χ2n) is 6.25. The fourth-order valence-corrected chi connectivity index (χ4v) is 3.08. The van der Waals surface area contributed by atoms with Gasteiger partial charge >= 0.3 is 0 Å². The normalized spacial score (nSPS) is 25.9. The number of nitrogens with one attached hydrogen (secondary N) is 1. The predicted octanol–water partition coefficient (Wildman–Crippen LogP) is 3.60. The maximum absolute atomic E-state index is 13.1. The number of hydrogen-bond donors (Lipinski definition) is 1. The average Bonchev–Trinajstić information content (AvgIpc) is 2.46. The van der Waals surface area contributed by atoms with Crippen molar-refractivity contribution in [2.45, 2.75) is 52.2 Å². The van der Waals surface area contributed by atoms with Gasteiger partial charge in [0.2, 0.25) is 0 Å². The fourth-order valence-electron chi connectivity index (χ4n) is 3.08. The summed E-state index contributed by atoms with van der Waals surface area (Å²) in [6.45, 7) is 11.1. The molecule has 0 bridgehead atoms. The Morgan fingerprint density at radius 3 is 2.45 bits per heavy atom. The molecule has 0 radical (unpaired) electrons. The molecule has 1 heterocycles. The average molecular weight is 278 g/mol. The van der Waals surface area contributed by atoms with Gasteiger partial charge in [-0.05, 0) is 37.0 Å². The van der Waals surface area contributed by atoms with E-state index in [1.165, 1.54) is 5.56 Å². The number of nitrogens with zero attached hydrogens (tertiary/aromatic N) is 1. The van der Waals surface area contributed by atoms with Crippen molar-refractivity contribution >= 4 is 0 Å². The molecule has 0 saturated carbocycles. The van der Waals surface area contributed by atoms with Crippen LogP contribution in [0.2, 0.25) is 0 Å². The van der Waals surface area contributed by atoms with Gasteiger partial charge in [-0.1, -0.05) is 32.9 Å². The van der Waals surface area contributed by atoms with Crippen molar-refractivity contribution in [2.24, 2.45) is 5.92 Å². The number of hydrogen-bond acceptors (Lipinski definition) is 2. The lowest BCUT2D eigenvalue weighted by Crippen LogP contribution is -2.58. The van der Waals surface area contributed by atoms with Crippen LogP contribution in [0, 0.1) is 11.7 Å². The summed E-state index contributed by atoms with van der Waals surface area (Å²) in [6, 6.07) is 8.40. The number of benzene rings is 1. The van der Waals surface area contributed by atoms with Crippen molar-refractivity contribution in [2.75, 3.05) is 13.1 Å². The third-order valence-corrected chi connectivity index (χ3v) is 4.62. The summed E-state index contributed by atoms with van der Waals surface area (Å²) in [5.74, 6) is 0.476. The van der Waals surface area contributed by atoms with Crippen LogP contribution in [0.15, 0.2) is 24.3 Å². The van der Waals surface area contributed by atoms with Gasteiger partial charge in [0.1, 0.15) is 5.82 Å². The smallest absolute Gasteiger partial charge is 0.123 e. The van der Waals surface area contributed by atoms with Crippen LogP contribution in [0.3, 0.4) is 0 Å². The van der Waals surface area contributed by atoms with Crippen LogP contribution in [0.25, 0.3) is 0 Å². The fraction of sp³-hybridized carbons (Fsp3) is 0.647. The van der Waals surface area contributed by atoms with E-state index in [1.54, 1.807) is 12.1 Å². The van der Waals surface area contributed by atoms with Gasteiger partial charge in [-0.3, -0.25) is 4.90 Å². The molecule has 3 atom stereocenters. The lowest BCUT2D eigenvalue weighted by Gasteiger charge is -2.45. The molecule has 0 amide bonds. The molecule has 1 aromatic rings. The first-order valence-electron chi connectivity index (χ1n) is 7.77. The van der Waals surface area contributed by atoms with Crippen molar-refractivity contribution in [3.05, 3.63) is 35.6 Å². The predicted molar refractivity (Wildman–Crippen MR) is 82.2 cm³/mol. The summed E-state index contributed by atoms with van der Waals surface area (Å²) in [5, 5.41) is 3.66. The summed E-state index contributed by atoms with van der Waals surface area (Å²) in [6.07, 6.45) is 1.14. The van der Waals surface area contributed by atoms with Gasteiger partial charge in [0.25, 0.3) is 0 Å². The molecule has 1 aliphatic rings. The Bertz CT molecular complexity index is 416. The Morgan fingerprint density at radius 1 is 1.25 bits per heavy atom. The van der Waals surface area contributed by atoms with E-state index in [0.29, 0.717) is 24.0 Å². The van der Waals surface area contributed by atoms with Gasteiger partial charge in [0.15, 0.2) is 0 Å². The van der Waals surface area contributed by atoms with Crippen LogP contribution in [0.5, 0.6) is 0 Å². The van der Waals surface area contributed by atoms with Gasteiger partial charge in [-0.15, -0.1) is 0 Å². The first-order valence-corrected chi connectivity index (χ1v) is 7.77. The summed E-state index contributed by atoms with van der Waals surface area (Å²) >= 11 is 0. The standard InChI is InChI=1S/C17H27FN2/c1-5-16-10-19-17(12(2)3)11-20(16)13(4)14-6-8-15(18)9-7-14/h6-9,12-13,16-17,19H,5,10-11H2,1-4H3. The molecular weight excluding hydrogens is 251 g/mol.